The molecule has 1 heterocycles. The van der Waals surface area contributed by atoms with Gasteiger partial charge in [0.2, 0.25) is 17.5 Å². The number of oxazole rings is 1. The molecule has 0 aliphatic carbocycles. The van der Waals surface area contributed by atoms with Crippen molar-refractivity contribution in [2.75, 3.05) is 12.3 Å². The molecule has 0 amide bonds. The number of esters is 1. The van der Waals surface area contributed by atoms with Crippen molar-refractivity contribution in [1.29, 1.82) is 0 Å². The van der Waals surface area contributed by atoms with E-state index in [1.54, 1.807) is 6.92 Å². The molecule has 1 aromatic heterocycles. The Morgan fingerprint density at radius 3 is 2.79 bits per heavy atom. The SMILES string of the molecule is CCOC(=O)c1nc(-c2ccc(C)cc2C)oc1N. The third-order valence-electron chi connectivity index (χ3n) is 2.73. The Labute approximate surface area is 111 Å². The van der Waals surface area contributed by atoms with Gasteiger partial charge in [0, 0.05) is 5.56 Å². The van der Waals surface area contributed by atoms with Gasteiger partial charge in [-0.05, 0) is 32.4 Å². The predicted molar refractivity (Wildman–Crippen MR) is 71.8 cm³/mol. The molecule has 0 fully saturated rings. The highest BCUT2D eigenvalue weighted by atomic mass is 16.5. The maximum Gasteiger partial charge on any atom is 0.362 e. The summed E-state index contributed by atoms with van der Waals surface area (Å²) in [6, 6.07) is 5.86. The van der Waals surface area contributed by atoms with Crippen LogP contribution in [0.15, 0.2) is 22.6 Å². The predicted octanol–water partition coefficient (Wildman–Crippen LogP) is 2.72. The van der Waals surface area contributed by atoms with E-state index in [2.05, 4.69) is 4.98 Å². The maximum atomic E-state index is 11.6. The van der Waals surface area contributed by atoms with Gasteiger partial charge in [0.15, 0.2) is 0 Å². The van der Waals surface area contributed by atoms with Crippen molar-refractivity contribution in [1.82, 2.24) is 4.98 Å². The van der Waals surface area contributed by atoms with Crippen molar-refractivity contribution >= 4 is 11.9 Å². The fourth-order valence-electron chi connectivity index (χ4n) is 1.85. The molecule has 0 aliphatic heterocycles. The summed E-state index contributed by atoms with van der Waals surface area (Å²) in [5, 5.41) is 0. The number of carbonyl (C=O) groups excluding carboxylic acids is 1. The standard InChI is InChI=1S/C14H16N2O3/c1-4-18-14(17)11-12(15)19-13(16-11)10-6-5-8(2)7-9(10)3/h5-7H,4,15H2,1-3H3. The van der Waals surface area contributed by atoms with Gasteiger partial charge in [0.1, 0.15) is 0 Å². The van der Waals surface area contributed by atoms with E-state index in [4.69, 9.17) is 14.9 Å². The Morgan fingerprint density at radius 2 is 2.16 bits per heavy atom. The highest BCUT2D eigenvalue weighted by molar-refractivity contribution is 5.92. The number of hydrogen-bond donors (Lipinski definition) is 1. The largest absolute Gasteiger partial charge is 0.461 e. The van der Waals surface area contributed by atoms with Crippen LogP contribution in [0.25, 0.3) is 11.5 Å². The van der Waals surface area contributed by atoms with Crippen LogP contribution in [0.2, 0.25) is 0 Å². The highest BCUT2D eigenvalue weighted by Crippen LogP contribution is 2.27. The number of hydrogen-bond acceptors (Lipinski definition) is 5. The van der Waals surface area contributed by atoms with E-state index in [1.807, 2.05) is 32.0 Å². The van der Waals surface area contributed by atoms with Gasteiger partial charge in [-0.3, -0.25) is 0 Å². The molecule has 2 N–H and O–H groups in total. The van der Waals surface area contributed by atoms with Crippen LogP contribution >= 0.6 is 0 Å². The number of aryl methyl sites for hydroxylation is 2. The number of nitrogen functional groups attached to an aromatic ring is 1. The molecule has 0 radical (unpaired) electrons. The summed E-state index contributed by atoms with van der Waals surface area (Å²) in [6.07, 6.45) is 0. The van der Waals surface area contributed by atoms with Crippen molar-refractivity contribution in [3.63, 3.8) is 0 Å². The number of aromatic nitrogens is 1. The fraction of sp³-hybridized carbons (Fsp3) is 0.286. The van der Waals surface area contributed by atoms with Crippen molar-refractivity contribution < 1.29 is 13.9 Å². The molecule has 0 aliphatic rings. The van der Waals surface area contributed by atoms with E-state index in [0.29, 0.717) is 5.89 Å². The van der Waals surface area contributed by atoms with Gasteiger partial charge in [0.05, 0.1) is 6.61 Å². The molecule has 0 saturated heterocycles. The summed E-state index contributed by atoms with van der Waals surface area (Å²) >= 11 is 0. The molecule has 0 bridgehead atoms. The van der Waals surface area contributed by atoms with E-state index >= 15 is 0 Å². The highest BCUT2D eigenvalue weighted by Gasteiger charge is 2.20. The second-order valence-corrected chi connectivity index (χ2v) is 4.27. The zero-order chi connectivity index (χ0) is 14.0. The number of carbonyl (C=O) groups is 1. The van der Waals surface area contributed by atoms with Gasteiger partial charge in [-0.2, -0.15) is 4.98 Å². The Balaban J connectivity index is 2.42. The van der Waals surface area contributed by atoms with Gasteiger partial charge in [-0.15, -0.1) is 0 Å². The normalized spacial score (nSPS) is 10.5. The Bertz CT molecular complexity index is 617. The van der Waals surface area contributed by atoms with Crippen molar-refractivity contribution in [2.24, 2.45) is 0 Å². The van der Waals surface area contributed by atoms with Gasteiger partial charge in [-0.25, -0.2) is 4.79 Å². The summed E-state index contributed by atoms with van der Waals surface area (Å²) in [4.78, 5) is 15.7. The maximum absolute atomic E-state index is 11.6. The van der Waals surface area contributed by atoms with E-state index in [-0.39, 0.29) is 18.2 Å². The average molecular weight is 260 g/mol. The third kappa shape index (κ3) is 2.59. The number of benzene rings is 1. The summed E-state index contributed by atoms with van der Waals surface area (Å²) in [6.45, 7) is 5.95. The molecule has 100 valence electrons. The van der Waals surface area contributed by atoms with Gasteiger partial charge < -0.3 is 14.9 Å². The van der Waals surface area contributed by atoms with Crippen LogP contribution in [0.1, 0.15) is 28.5 Å². The zero-order valence-corrected chi connectivity index (χ0v) is 11.2. The van der Waals surface area contributed by atoms with Gasteiger partial charge >= 0.3 is 5.97 Å². The first-order valence-corrected chi connectivity index (χ1v) is 6.04. The first-order valence-electron chi connectivity index (χ1n) is 6.04. The molecule has 2 aromatic rings. The molecular formula is C14H16N2O3. The van der Waals surface area contributed by atoms with Crippen LogP contribution in [0, 0.1) is 13.8 Å². The van der Waals surface area contributed by atoms with Gasteiger partial charge in [-0.1, -0.05) is 17.7 Å². The molecule has 5 heteroatoms. The molecule has 0 unspecified atom stereocenters. The summed E-state index contributed by atoms with van der Waals surface area (Å²) in [5.74, 6) is -0.258. The Morgan fingerprint density at radius 1 is 1.42 bits per heavy atom. The van der Waals surface area contributed by atoms with Crippen molar-refractivity contribution in [3.05, 3.63) is 35.0 Å². The lowest BCUT2D eigenvalue weighted by atomic mass is 10.1. The topological polar surface area (TPSA) is 78.3 Å². The van der Waals surface area contributed by atoms with Gasteiger partial charge in [0.25, 0.3) is 0 Å². The first kappa shape index (κ1) is 13.1. The summed E-state index contributed by atoms with van der Waals surface area (Å²) in [5.41, 5.74) is 8.65. The molecule has 0 saturated carbocycles. The van der Waals surface area contributed by atoms with Crippen LogP contribution in [-0.2, 0) is 4.74 Å². The molecule has 1 aromatic carbocycles. The second-order valence-electron chi connectivity index (χ2n) is 4.27. The fourth-order valence-corrected chi connectivity index (χ4v) is 1.85. The number of nitrogens with zero attached hydrogens (tertiary/aromatic N) is 1. The van der Waals surface area contributed by atoms with E-state index in [0.717, 1.165) is 16.7 Å². The van der Waals surface area contributed by atoms with Crippen molar-refractivity contribution in [2.45, 2.75) is 20.8 Å². The van der Waals surface area contributed by atoms with Crippen molar-refractivity contribution in [3.8, 4) is 11.5 Å². The molecule has 0 atom stereocenters. The molecule has 5 nitrogen and oxygen atoms in total. The monoisotopic (exact) mass is 260 g/mol. The summed E-state index contributed by atoms with van der Waals surface area (Å²) in [7, 11) is 0. The average Bonchev–Trinajstić information content (AvgIpc) is 2.71. The number of nitrogens with two attached hydrogens (primary N) is 1. The first-order chi connectivity index (χ1) is 9.02. The minimum atomic E-state index is -0.570. The Kier molecular flexibility index (Phi) is 3.55. The van der Waals surface area contributed by atoms with E-state index < -0.39 is 5.97 Å². The molecule has 2 rings (SSSR count). The lowest BCUT2D eigenvalue weighted by Crippen LogP contribution is -2.07. The number of anilines is 1. The van der Waals surface area contributed by atoms with Crippen LogP contribution in [0.5, 0.6) is 0 Å². The molecular weight excluding hydrogens is 244 g/mol. The van der Waals surface area contributed by atoms with E-state index in [9.17, 15) is 4.79 Å². The minimum absolute atomic E-state index is 0.0200. The number of ether oxygens (including phenoxy) is 1. The lowest BCUT2D eigenvalue weighted by molar-refractivity contribution is 0.0521. The van der Waals surface area contributed by atoms with Crippen LogP contribution in [0.3, 0.4) is 0 Å². The van der Waals surface area contributed by atoms with Crippen LogP contribution in [0.4, 0.5) is 5.88 Å². The molecule has 0 spiro atoms. The van der Waals surface area contributed by atoms with E-state index in [1.165, 1.54) is 0 Å². The Hall–Kier alpha value is -2.30. The number of rotatable bonds is 3. The molecule has 19 heavy (non-hydrogen) atoms. The third-order valence-corrected chi connectivity index (χ3v) is 2.73. The second kappa shape index (κ2) is 5.14. The lowest BCUT2D eigenvalue weighted by Gasteiger charge is -2.01. The smallest absolute Gasteiger partial charge is 0.362 e. The van der Waals surface area contributed by atoms with Crippen LogP contribution in [-0.4, -0.2) is 17.6 Å². The summed E-state index contributed by atoms with van der Waals surface area (Å²) < 4.78 is 10.2. The zero-order valence-electron chi connectivity index (χ0n) is 11.2. The minimum Gasteiger partial charge on any atom is -0.461 e. The van der Waals surface area contributed by atoms with Crippen LogP contribution < -0.4 is 5.73 Å². The quantitative estimate of drug-likeness (QED) is 0.858.